The van der Waals surface area contributed by atoms with Crippen LogP contribution in [0.25, 0.3) is 11.3 Å². The highest BCUT2D eigenvalue weighted by Crippen LogP contribution is 2.40. The number of hydrogen-bond donors (Lipinski definition) is 2. The van der Waals surface area contributed by atoms with Crippen LogP contribution >= 0.6 is 0 Å². The van der Waals surface area contributed by atoms with E-state index in [1.807, 2.05) is 37.5 Å². The highest BCUT2D eigenvalue weighted by molar-refractivity contribution is 5.87. The minimum atomic E-state index is -1.24. The smallest absolute Gasteiger partial charge is 0.341 e. The van der Waals surface area contributed by atoms with E-state index in [0.717, 1.165) is 11.1 Å². The predicted octanol–water partition coefficient (Wildman–Crippen LogP) is 3.13. The second-order valence-electron chi connectivity index (χ2n) is 7.51. The lowest BCUT2D eigenvalue weighted by molar-refractivity contribution is 0.0694. The monoisotopic (exact) mass is 401 g/mol. The van der Waals surface area contributed by atoms with Crippen molar-refractivity contribution in [1.82, 2.24) is 4.57 Å². The molecule has 0 spiro atoms. The number of aliphatic hydroxyl groups excluding tert-OH is 1. The van der Waals surface area contributed by atoms with Gasteiger partial charge in [0.2, 0.25) is 0 Å². The van der Waals surface area contributed by atoms with Gasteiger partial charge in [0.15, 0.2) is 5.43 Å². The zero-order valence-electron chi connectivity index (χ0n) is 17.0. The number of rotatable bonds is 7. The van der Waals surface area contributed by atoms with Crippen LogP contribution < -0.4 is 14.9 Å². The first-order chi connectivity index (χ1) is 13.9. The molecule has 2 heterocycles. The zero-order chi connectivity index (χ0) is 21.1. The molecule has 1 atom stereocenters. The number of aromatic nitrogens is 1. The Labute approximate surface area is 169 Å². The van der Waals surface area contributed by atoms with Crippen molar-refractivity contribution in [1.29, 1.82) is 0 Å². The number of carboxylic acid groups (broad SMARTS) is 1. The van der Waals surface area contributed by atoms with Gasteiger partial charge in [0, 0.05) is 36.9 Å². The van der Waals surface area contributed by atoms with Gasteiger partial charge in [-0.05, 0) is 24.0 Å². The van der Waals surface area contributed by atoms with Crippen LogP contribution in [0.2, 0.25) is 0 Å². The van der Waals surface area contributed by atoms with E-state index in [2.05, 4.69) is 0 Å². The summed E-state index contributed by atoms with van der Waals surface area (Å²) in [6, 6.07) is 5.03. The molecular weight excluding hydrogens is 374 g/mol. The van der Waals surface area contributed by atoms with Gasteiger partial charge in [0.1, 0.15) is 23.7 Å². The number of pyridine rings is 1. The molecule has 1 aliphatic rings. The number of aryl methyl sites for hydroxylation is 1. The molecule has 3 rings (SSSR count). The predicted molar refractivity (Wildman–Crippen MR) is 109 cm³/mol. The largest absolute Gasteiger partial charge is 0.493 e. The van der Waals surface area contributed by atoms with E-state index in [1.165, 1.54) is 12.3 Å². The third-order valence-corrected chi connectivity index (χ3v) is 5.23. The van der Waals surface area contributed by atoms with Gasteiger partial charge in [0.05, 0.1) is 18.3 Å². The first kappa shape index (κ1) is 20.9. The molecule has 29 heavy (non-hydrogen) atoms. The fourth-order valence-electron chi connectivity index (χ4n) is 3.55. The number of hydrogen-bond acceptors (Lipinski definition) is 5. The summed E-state index contributed by atoms with van der Waals surface area (Å²) in [7, 11) is 0. The van der Waals surface area contributed by atoms with Crippen LogP contribution in [0.4, 0.5) is 0 Å². The second-order valence-corrected chi connectivity index (χ2v) is 7.51. The minimum absolute atomic E-state index is 0.0567. The maximum absolute atomic E-state index is 12.4. The summed E-state index contributed by atoms with van der Waals surface area (Å²) >= 11 is 0. The third-order valence-electron chi connectivity index (χ3n) is 5.23. The highest BCUT2D eigenvalue weighted by atomic mass is 16.5. The van der Waals surface area contributed by atoms with Crippen molar-refractivity contribution in [3.63, 3.8) is 0 Å². The van der Waals surface area contributed by atoms with Crippen molar-refractivity contribution < 1.29 is 24.5 Å². The van der Waals surface area contributed by atoms with E-state index >= 15 is 0 Å². The van der Waals surface area contributed by atoms with Crippen molar-refractivity contribution in [2.75, 3.05) is 19.8 Å². The van der Waals surface area contributed by atoms with E-state index in [9.17, 15) is 14.7 Å². The Morgan fingerprint density at radius 1 is 1.34 bits per heavy atom. The molecule has 0 radical (unpaired) electrons. The third kappa shape index (κ3) is 4.15. The summed E-state index contributed by atoms with van der Waals surface area (Å²) in [5.41, 5.74) is 1.56. The molecule has 2 aromatic rings. The molecule has 0 aliphatic carbocycles. The van der Waals surface area contributed by atoms with Crippen LogP contribution in [-0.2, 0) is 6.42 Å². The van der Waals surface area contributed by atoms with Crippen molar-refractivity contribution in [2.45, 2.75) is 39.7 Å². The number of carbonyl (C=O) groups is 1. The summed E-state index contributed by atoms with van der Waals surface area (Å²) < 4.78 is 13.8. The molecular formula is C22H27NO6. The average Bonchev–Trinajstić information content (AvgIpc) is 2.83. The Hall–Kier alpha value is -2.80. The highest BCUT2D eigenvalue weighted by Gasteiger charge is 2.27. The van der Waals surface area contributed by atoms with Gasteiger partial charge in [-0.25, -0.2) is 4.79 Å². The SMILES string of the molecule is CCc1cc2c(cc1OCCCO)OC[C@@H](C(C)C)n1cc(C(=O)O)c(=O)cc1-2. The molecule has 0 saturated heterocycles. The summed E-state index contributed by atoms with van der Waals surface area (Å²) in [5.74, 6) is 0.220. The first-order valence-corrected chi connectivity index (χ1v) is 9.90. The van der Waals surface area contributed by atoms with Crippen LogP contribution in [0.1, 0.15) is 49.2 Å². The maximum Gasteiger partial charge on any atom is 0.341 e. The Morgan fingerprint density at radius 2 is 2.10 bits per heavy atom. The number of benzene rings is 1. The van der Waals surface area contributed by atoms with Crippen LogP contribution in [0.15, 0.2) is 29.2 Å². The summed E-state index contributed by atoms with van der Waals surface area (Å²) in [5, 5.41) is 18.4. The fraction of sp³-hybridized carbons (Fsp3) is 0.455. The molecule has 156 valence electrons. The molecule has 0 saturated carbocycles. The fourth-order valence-corrected chi connectivity index (χ4v) is 3.55. The molecule has 0 unspecified atom stereocenters. The van der Waals surface area contributed by atoms with Crippen molar-refractivity contribution in [3.05, 3.63) is 45.7 Å². The van der Waals surface area contributed by atoms with Crippen LogP contribution in [-0.4, -0.2) is 40.6 Å². The first-order valence-electron chi connectivity index (χ1n) is 9.90. The Morgan fingerprint density at radius 3 is 2.72 bits per heavy atom. The molecule has 1 aromatic heterocycles. The topological polar surface area (TPSA) is 98.0 Å². The summed E-state index contributed by atoms with van der Waals surface area (Å²) in [4.78, 5) is 24.0. The molecule has 7 nitrogen and oxygen atoms in total. The standard InChI is InChI=1S/C22H27NO6/c1-4-14-8-15-17-9-19(25)16(22(26)27)11-23(17)18(13(2)3)12-29-21(15)10-20(14)28-7-5-6-24/h8-11,13,18,24H,4-7,12H2,1-3H3,(H,26,27)/t18-/m0/s1. The van der Waals surface area contributed by atoms with E-state index < -0.39 is 11.4 Å². The summed E-state index contributed by atoms with van der Waals surface area (Å²) in [6.07, 6.45) is 2.68. The lowest BCUT2D eigenvalue weighted by Crippen LogP contribution is -2.25. The van der Waals surface area contributed by atoms with E-state index in [4.69, 9.17) is 14.6 Å². The number of aliphatic hydroxyl groups is 1. The van der Waals surface area contributed by atoms with E-state index in [1.54, 1.807) is 0 Å². The van der Waals surface area contributed by atoms with Crippen molar-refractivity contribution >= 4 is 5.97 Å². The van der Waals surface area contributed by atoms with Crippen LogP contribution in [0.5, 0.6) is 11.5 Å². The lowest BCUT2D eigenvalue weighted by atomic mass is 10.0. The normalized spacial score (nSPS) is 15.3. The van der Waals surface area contributed by atoms with Gasteiger partial charge >= 0.3 is 5.97 Å². The Balaban J connectivity index is 2.19. The molecule has 0 amide bonds. The second kappa shape index (κ2) is 8.69. The molecule has 0 bridgehead atoms. The molecule has 1 aromatic carbocycles. The van der Waals surface area contributed by atoms with Crippen LogP contribution in [0.3, 0.4) is 0 Å². The quantitative estimate of drug-likeness (QED) is 0.692. The van der Waals surface area contributed by atoms with Gasteiger partial charge in [-0.1, -0.05) is 20.8 Å². The van der Waals surface area contributed by atoms with Gasteiger partial charge < -0.3 is 24.3 Å². The van der Waals surface area contributed by atoms with Crippen molar-refractivity contribution in [3.8, 4) is 22.8 Å². The molecule has 2 N–H and O–H groups in total. The van der Waals surface area contributed by atoms with Gasteiger partial charge in [-0.15, -0.1) is 0 Å². The number of ether oxygens (including phenoxy) is 2. The van der Waals surface area contributed by atoms with Gasteiger partial charge in [-0.3, -0.25) is 4.79 Å². The molecule has 1 aliphatic heterocycles. The number of aromatic carboxylic acids is 1. The number of nitrogens with zero attached hydrogens (tertiary/aromatic N) is 1. The Kier molecular flexibility index (Phi) is 6.27. The van der Waals surface area contributed by atoms with Gasteiger partial charge in [-0.2, -0.15) is 0 Å². The van der Waals surface area contributed by atoms with Crippen LogP contribution in [0, 0.1) is 5.92 Å². The molecule has 0 fully saturated rings. The maximum atomic E-state index is 12.4. The van der Waals surface area contributed by atoms with Gasteiger partial charge in [0.25, 0.3) is 0 Å². The van der Waals surface area contributed by atoms with E-state index in [0.29, 0.717) is 43.2 Å². The van der Waals surface area contributed by atoms with Crippen molar-refractivity contribution in [2.24, 2.45) is 5.92 Å². The Bertz CT molecular complexity index is 963. The average molecular weight is 401 g/mol. The summed E-state index contributed by atoms with van der Waals surface area (Å²) in [6.45, 7) is 6.88. The lowest BCUT2D eigenvalue weighted by Gasteiger charge is -2.24. The zero-order valence-corrected chi connectivity index (χ0v) is 17.0. The minimum Gasteiger partial charge on any atom is -0.493 e. The number of fused-ring (bicyclic) bond motifs is 3. The van der Waals surface area contributed by atoms with E-state index in [-0.39, 0.29) is 24.1 Å². The number of carboxylic acids is 1. The molecule has 7 heteroatoms.